The van der Waals surface area contributed by atoms with E-state index >= 15 is 0 Å². The maximum Gasteiger partial charge on any atom is 0.326 e. The minimum absolute atomic E-state index is 0.0192. The number of likely N-dealkylation sites (tertiary alicyclic amines) is 1. The van der Waals surface area contributed by atoms with E-state index in [0.29, 0.717) is 0 Å². The van der Waals surface area contributed by atoms with E-state index in [9.17, 15) is 19.8 Å². The van der Waals surface area contributed by atoms with E-state index in [-0.39, 0.29) is 24.4 Å². The summed E-state index contributed by atoms with van der Waals surface area (Å²) in [4.78, 5) is 27.8. The molecule has 0 radical (unpaired) electrons. The number of amides is 1. The number of hydrogen-bond donors (Lipinski definition) is 3. The Kier molecular flexibility index (Phi) is 3.15. The van der Waals surface area contributed by atoms with Crippen LogP contribution < -0.4 is 0 Å². The van der Waals surface area contributed by atoms with Crippen LogP contribution >= 0.6 is 0 Å². The van der Waals surface area contributed by atoms with E-state index < -0.39 is 24.0 Å². The topological polar surface area (TPSA) is 111 Å². The van der Waals surface area contributed by atoms with Crippen molar-refractivity contribution >= 4 is 11.9 Å². The van der Waals surface area contributed by atoms with E-state index in [2.05, 4.69) is 4.98 Å². The average molecular weight is 252 g/mol. The number of nitrogens with zero attached hydrogens (tertiary/aromatic N) is 2. The molecule has 2 rings (SSSR count). The smallest absolute Gasteiger partial charge is 0.326 e. The lowest BCUT2D eigenvalue weighted by atomic mass is 10.2. The van der Waals surface area contributed by atoms with Gasteiger partial charge in [0.15, 0.2) is 5.69 Å². The highest BCUT2D eigenvalue weighted by Crippen LogP contribution is 2.23. The average Bonchev–Trinajstić information content (AvgIpc) is 2.71. The molecule has 1 aliphatic heterocycles. The maximum atomic E-state index is 12.1. The second-order valence-corrected chi connectivity index (χ2v) is 4.07. The molecular formula is C11H12N2O5. The van der Waals surface area contributed by atoms with Gasteiger partial charge in [-0.3, -0.25) is 4.79 Å². The van der Waals surface area contributed by atoms with Crippen molar-refractivity contribution in [3.05, 3.63) is 24.0 Å². The summed E-state index contributed by atoms with van der Waals surface area (Å²) in [5, 5.41) is 27.9. The van der Waals surface area contributed by atoms with Crippen molar-refractivity contribution in [3.8, 4) is 5.75 Å². The molecule has 0 unspecified atom stereocenters. The first-order chi connectivity index (χ1) is 8.50. The van der Waals surface area contributed by atoms with Gasteiger partial charge >= 0.3 is 5.97 Å². The lowest BCUT2D eigenvalue weighted by Crippen LogP contribution is -2.40. The number of carboxylic acid groups (broad SMARTS) is 1. The molecule has 96 valence electrons. The molecule has 2 atom stereocenters. The van der Waals surface area contributed by atoms with E-state index in [1.165, 1.54) is 18.3 Å². The Morgan fingerprint density at radius 1 is 1.44 bits per heavy atom. The molecule has 3 N–H and O–H groups in total. The van der Waals surface area contributed by atoms with Crippen LogP contribution in [0, 0.1) is 0 Å². The quantitative estimate of drug-likeness (QED) is 0.651. The number of aromatic nitrogens is 1. The molecule has 0 aromatic carbocycles. The van der Waals surface area contributed by atoms with E-state index in [0.717, 1.165) is 4.90 Å². The second kappa shape index (κ2) is 4.61. The molecule has 0 aliphatic carbocycles. The molecule has 1 aromatic heterocycles. The lowest BCUT2D eigenvalue weighted by molar-refractivity contribution is -0.141. The van der Waals surface area contributed by atoms with Crippen LogP contribution in [0.5, 0.6) is 5.75 Å². The van der Waals surface area contributed by atoms with Gasteiger partial charge in [0.2, 0.25) is 0 Å². The van der Waals surface area contributed by atoms with Crippen LogP contribution in [-0.4, -0.2) is 55.8 Å². The van der Waals surface area contributed by atoms with E-state index in [1.54, 1.807) is 0 Å². The van der Waals surface area contributed by atoms with Gasteiger partial charge < -0.3 is 20.2 Å². The largest absolute Gasteiger partial charge is 0.505 e. The Bertz CT molecular complexity index is 490. The number of carboxylic acids is 1. The van der Waals surface area contributed by atoms with Crippen molar-refractivity contribution in [2.75, 3.05) is 6.54 Å². The van der Waals surface area contributed by atoms with Gasteiger partial charge in [0.1, 0.15) is 11.8 Å². The summed E-state index contributed by atoms with van der Waals surface area (Å²) in [6.45, 7) is -0.0776. The van der Waals surface area contributed by atoms with Gasteiger partial charge in [-0.2, -0.15) is 0 Å². The zero-order chi connectivity index (χ0) is 13.3. The van der Waals surface area contributed by atoms with Gasteiger partial charge in [-0.15, -0.1) is 0 Å². The van der Waals surface area contributed by atoms with Crippen molar-refractivity contribution in [2.45, 2.75) is 18.6 Å². The van der Waals surface area contributed by atoms with Crippen LogP contribution in [0.3, 0.4) is 0 Å². The molecule has 7 heteroatoms. The minimum atomic E-state index is -1.18. The molecule has 7 nitrogen and oxygen atoms in total. The number of aliphatic hydroxyl groups excluding tert-OH is 1. The van der Waals surface area contributed by atoms with Gasteiger partial charge in [-0.1, -0.05) is 0 Å². The molecule has 1 saturated heterocycles. The van der Waals surface area contributed by atoms with Crippen LogP contribution in [-0.2, 0) is 4.79 Å². The number of carbonyl (C=O) groups is 2. The molecule has 0 bridgehead atoms. The third-order valence-corrected chi connectivity index (χ3v) is 2.81. The summed E-state index contributed by atoms with van der Waals surface area (Å²) in [7, 11) is 0. The standard InChI is InChI=1S/C11H12N2O5/c14-6-4-7(11(17)18)13(5-6)10(16)9-8(15)2-1-3-12-9/h1-3,6-7,14-15H,4-5H2,(H,17,18)/t6-,7-/m0/s1. The number of aliphatic hydroxyl groups is 1. The Morgan fingerprint density at radius 2 is 2.17 bits per heavy atom. The molecule has 1 fully saturated rings. The predicted molar refractivity (Wildman–Crippen MR) is 59.0 cm³/mol. The Balaban J connectivity index is 2.28. The summed E-state index contributed by atoms with van der Waals surface area (Å²) in [5.74, 6) is -2.19. The number of β-amino-alcohol motifs (C(OH)–C–C–N with tert-alkyl or cyclic N) is 1. The molecular weight excluding hydrogens is 240 g/mol. The SMILES string of the molecule is O=C(O)[C@@H]1C[C@H](O)CN1C(=O)c1ncccc1O. The van der Waals surface area contributed by atoms with Crippen molar-refractivity contribution in [3.63, 3.8) is 0 Å². The Hall–Kier alpha value is -2.15. The predicted octanol–water partition coefficient (Wildman–Crippen LogP) is -0.553. The molecule has 2 heterocycles. The van der Waals surface area contributed by atoms with Crippen LogP contribution in [0.4, 0.5) is 0 Å². The van der Waals surface area contributed by atoms with E-state index in [4.69, 9.17) is 5.11 Å². The first-order valence-electron chi connectivity index (χ1n) is 5.36. The van der Waals surface area contributed by atoms with Gasteiger partial charge in [0.05, 0.1) is 6.10 Å². The molecule has 18 heavy (non-hydrogen) atoms. The first kappa shape index (κ1) is 12.3. The summed E-state index contributed by atoms with van der Waals surface area (Å²) in [6, 6.07) is 1.66. The highest BCUT2D eigenvalue weighted by molar-refractivity contribution is 5.97. The third kappa shape index (κ3) is 2.12. The molecule has 1 aromatic rings. The van der Waals surface area contributed by atoms with Gasteiger partial charge in [0.25, 0.3) is 5.91 Å². The number of hydrogen-bond acceptors (Lipinski definition) is 5. The van der Waals surface area contributed by atoms with Gasteiger partial charge in [0, 0.05) is 19.2 Å². The first-order valence-corrected chi connectivity index (χ1v) is 5.36. The Labute approximate surface area is 102 Å². The van der Waals surface area contributed by atoms with Crippen LogP contribution in [0.25, 0.3) is 0 Å². The monoisotopic (exact) mass is 252 g/mol. The fraction of sp³-hybridized carbons (Fsp3) is 0.364. The molecule has 0 spiro atoms. The van der Waals surface area contributed by atoms with Crippen molar-refractivity contribution in [2.24, 2.45) is 0 Å². The summed E-state index contributed by atoms with van der Waals surface area (Å²) >= 11 is 0. The lowest BCUT2D eigenvalue weighted by Gasteiger charge is -2.20. The fourth-order valence-electron chi connectivity index (χ4n) is 1.97. The third-order valence-electron chi connectivity index (χ3n) is 2.81. The zero-order valence-electron chi connectivity index (χ0n) is 9.35. The number of pyridine rings is 1. The molecule has 1 aliphatic rings. The summed E-state index contributed by atoms with van der Waals surface area (Å²) in [5.41, 5.74) is -0.210. The van der Waals surface area contributed by atoms with Crippen LogP contribution in [0.15, 0.2) is 18.3 Å². The highest BCUT2D eigenvalue weighted by Gasteiger charge is 2.40. The number of aromatic hydroxyl groups is 1. The molecule has 0 saturated carbocycles. The number of rotatable bonds is 2. The molecule has 1 amide bonds. The maximum absolute atomic E-state index is 12.1. The highest BCUT2D eigenvalue weighted by atomic mass is 16.4. The van der Waals surface area contributed by atoms with Gasteiger partial charge in [-0.05, 0) is 12.1 Å². The van der Waals surface area contributed by atoms with Crippen molar-refractivity contribution < 1.29 is 24.9 Å². The minimum Gasteiger partial charge on any atom is -0.505 e. The van der Waals surface area contributed by atoms with Gasteiger partial charge in [-0.25, -0.2) is 9.78 Å². The number of carbonyl (C=O) groups excluding carboxylic acids is 1. The summed E-state index contributed by atoms with van der Waals surface area (Å²) < 4.78 is 0. The van der Waals surface area contributed by atoms with Crippen molar-refractivity contribution in [1.82, 2.24) is 9.88 Å². The second-order valence-electron chi connectivity index (χ2n) is 4.07. The number of aliphatic carboxylic acids is 1. The van der Waals surface area contributed by atoms with Crippen LogP contribution in [0.1, 0.15) is 16.9 Å². The van der Waals surface area contributed by atoms with Crippen LogP contribution in [0.2, 0.25) is 0 Å². The zero-order valence-corrected chi connectivity index (χ0v) is 9.35. The normalized spacial score (nSPS) is 23.1. The van der Waals surface area contributed by atoms with Crippen molar-refractivity contribution in [1.29, 1.82) is 0 Å². The van der Waals surface area contributed by atoms with E-state index in [1.807, 2.05) is 0 Å². The summed E-state index contributed by atoms with van der Waals surface area (Å²) in [6.07, 6.45) is 0.435. The fourth-order valence-corrected chi connectivity index (χ4v) is 1.97. The Morgan fingerprint density at radius 3 is 2.78 bits per heavy atom.